The highest BCUT2D eigenvalue weighted by molar-refractivity contribution is 5.92. The third-order valence-corrected chi connectivity index (χ3v) is 4.69. The molecule has 0 unspecified atom stereocenters. The summed E-state index contributed by atoms with van der Waals surface area (Å²) in [5.74, 6) is -0.397. The summed E-state index contributed by atoms with van der Waals surface area (Å²) in [6.45, 7) is -0.401. The number of para-hydroxylation sites is 2. The van der Waals surface area contributed by atoms with Crippen molar-refractivity contribution in [1.82, 2.24) is 14.8 Å². The van der Waals surface area contributed by atoms with Crippen molar-refractivity contribution in [3.05, 3.63) is 88.7 Å². The number of nitrogens with zero attached hydrogens (tertiary/aromatic N) is 4. The van der Waals surface area contributed by atoms with E-state index in [1.165, 1.54) is 42.1 Å². The molecule has 0 saturated carbocycles. The standard InChI is InChI=1S/C23H18FN5O5/c1-33-23-26-22(15-6-8-16(24)9-7-15)28(27-23)18-12-10-17(11-13-18)25-21(30)14-34-20-5-3-2-4-19(20)29(31)32/h2-13H,14H2,1H3,(H,25,30). The fourth-order valence-corrected chi connectivity index (χ4v) is 3.10. The van der Waals surface area contributed by atoms with Crippen LogP contribution in [-0.4, -0.2) is 39.3 Å². The minimum atomic E-state index is -0.578. The lowest BCUT2D eigenvalue weighted by molar-refractivity contribution is -0.385. The van der Waals surface area contributed by atoms with E-state index in [2.05, 4.69) is 15.4 Å². The zero-order valence-corrected chi connectivity index (χ0v) is 17.8. The van der Waals surface area contributed by atoms with Gasteiger partial charge in [0.15, 0.2) is 18.2 Å². The number of aromatic nitrogens is 3. The molecule has 10 nitrogen and oxygen atoms in total. The van der Waals surface area contributed by atoms with Crippen molar-refractivity contribution in [1.29, 1.82) is 0 Å². The summed E-state index contributed by atoms with van der Waals surface area (Å²) in [6, 6.07) is 18.5. The van der Waals surface area contributed by atoms with Gasteiger partial charge in [0.25, 0.3) is 5.91 Å². The van der Waals surface area contributed by atoms with E-state index in [0.29, 0.717) is 22.8 Å². The number of nitro groups is 1. The van der Waals surface area contributed by atoms with Crippen LogP contribution in [0.15, 0.2) is 72.8 Å². The number of hydrogen-bond acceptors (Lipinski definition) is 7. The van der Waals surface area contributed by atoms with Crippen molar-refractivity contribution in [3.8, 4) is 28.8 Å². The smallest absolute Gasteiger partial charge is 0.336 e. The molecule has 34 heavy (non-hydrogen) atoms. The van der Waals surface area contributed by atoms with Crippen molar-refractivity contribution < 1.29 is 23.6 Å². The number of amides is 1. The summed E-state index contributed by atoms with van der Waals surface area (Å²) >= 11 is 0. The number of nitrogens with one attached hydrogen (secondary N) is 1. The summed E-state index contributed by atoms with van der Waals surface area (Å²) in [5, 5.41) is 18.0. The molecule has 4 rings (SSSR count). The Balaban J connectivity index is 1.47. The first kappa shape index (κ1) is 22.4. The van der Waals surface area contributed by atoms with Crippen LogP contribution >= 0.6 is 0 Å². The topological polar surface area (TPSA) is 121 Å². The molecule has 0 fully saturated rings. The molecule has 1 aromatic heterocycles. The van der Waals surface area contributed by atoms with E-state index in [9.17, 15) is 19.3 Å². The van der Waals surface area contributed by atoms with Gasteiger partial charge in [-0.15, -0.1) is 5.10 Å². The first-order chi connectivity index (χ1) is 16.4. The fraction of sp³-hybridized carbons (Fsp3) is 0.0870. The van der Waals surface area contributed by atoms with Gasteiger partial charge < -0.3 is 14.8 Å². The third kappa shape index (κ3) is 4.99. The van der Waals surface area contributed by atoms with Crippen LogP contribution in [0.5, 0.6) is 11.8 Å². The number of rotatable bonds is 8. The van der Waals surface area contributed by atoms with Crippen molar-refractivity contribution in [3.63, 3.8) is 0 Å². The van der Waals surface area contributed by atoms with Gasteiger partial charge in [-0.25, -0.2) is 9.07 Å². The largest absolute Gasteiger partial charge is 0.477 e. The van der Waals surface area contributed by atoms with Crippen LogP contribution < -0.4 is 14.8 Å². The Bertz CT molecular complexity index is 1320. The molecule has 0 atom stereocenters. The molecule has 0 radical (unpaired) electrons. The van der Waals surface area contributed by atoms with Crippen molar-refractivity contribution in [2.75, 3.05) is 19.0 Å². The Morgan fingerprint density at radius 2 is 1.79 bits per heavy atom. The lowest BCUT2D eigenvalue weighted by Gasteiger charge is -2.09. The molecular formula is C23H18FN5O5. The van der Waals surface area contributed by atoms with Crippen LogP contribution in [0, 0.1) is 15.9 Å². The highest BCUT2D eigenvalue weighted by atomic mass is 19.1. The molecule has 3 aromatic carbocycles. The summed E-state index contributed by atoms with van der Waals surface area (Å²) in [4.78, 5) is 27.0. The molecular weight excluding hydrogens is 445 g/mol. The quantitative estimate of drug-likeness (QED) is 0.310. The van der Waals surface area contributed by atoms with Gasteiger partial charge >= 0.3 is 11.7 Å². The van der Waals surface area contributed by atoms with Gasteiger partial charge in [-0.1, -0.05) is 12.1 Å². The van der Waals surface area contributed by atoms with E-state index in [4.69, 9.17) is 9.47 Å². The molecule has 0 saturated heterocycles. The average molecular weight is 463 g/mol. The summed E-state index contributed by atoms with van der Waals surface area (Å²) in [5.41, 5.74) is 1.53. The number of carbonyl (C=O) groups excluding carboxylic acids is 1. The molecule has 0 aliphatic carbocycles. The first-order valence-corrected chi connectivity index (χ1v) is 9.98. The van der Waals surface area contributed by atoms with Gasteiger partial charge in [0.2, 0.25) is 0 Å². The first-order valence-electron chi connectivity index (χ1n) is 9.98. The van der Waals surface area contributed by atoms with Gasteiger partial charge in [-0.05, 0) is 54.6 Å². The lowest BCUT2D eigenvalue weighted by atomic mass is 10.2. The predicted molar refractivity (Wildman–Crippen MR) is 121 cm³/mol. The molecule has 0 spiro atoms. The second-order valence-corrected chi connectivity index (χ2v) is 6.95. The Morgan fingerprint density at radius 1 is 1.09 bits per heavy atom. The van der Waals surface area contributed by atoms with E-state index in [1.807, 2.05) is 0 Å². The number of anilines is 1. The van der Waals surface area contributed by atoms with Crippen molar-refractivity contribution in [2.45, 2.75) is 0 Å². The van der Waals surface area contributed by atoms with Crippen LogP contribution in [0.2, 0.25) is 0 Å². The van der Waals surface area contributed by atoms with E-state index in [1.54, 1.807) is 42.5 Å². The molecule has 1 heterocycles. The fourth-order valence-electron chi connectivity index (χ4n) is 3.10. The van der Waals surface area contributed by atoms with E-state index >= 15 is 0 Å². The molecule has 0 aliphatic rings. The molecule has 0 bridgehead atoms. The zero-order valence-electron chi connectivity index (χ0n) is 17.8. The summed E-state index contributed by atoms with van der Waals surface area (Å²) in [7, 11) is 1.44. The Kier molecular flexibility index (Phi) is 6.44. The van der Waals surface area contributed by atoms with Crippen molar-refractivity contribution >= 4 is 17.3 Å². The van der Waals surface area contributed by atoms with Crippen molar-refractivity contribution in [2.24, 2.45) is 0 Å². The molecule has 1 N–H and O–H groups in total. The van der Waals surface area contributed by atoms with Crippen LogP contribution in [0.1, 0.15) is 0 Å². The third-order valence-electron chi connectivity index (χ3n) is 4.69. The van der Waals surface area contributed by atoms with Crippen LogP contribution in [-0.2, 0) is 4.79 Å². The van der Waals surface area contributed by atoms with E-state index in [-0.39, 0.29) is 23.3 Å². The number of halogens is 1. The van der Waals surface area contributed by atoms with Crippen LogP contribution in [0.4, 0.5) is 15.8 Å². The minimum absolute atomic E-state index is 0.00597. The van der Waals surface area contributed by atoms with Gasteiger partial charge in [0.05, 0.1) is 17.7 Å². The highest BCUT2D eigenvalue weighted by Gasteiger charge is 2.16. The van der Waals surface area contributed by atoms with E-state index in [0.717, 1.165) is 0 Å². The summed E-state index contributed by atoms with van der Waals surface area (Å²) < 4.78 is 25.3. The number of ether oxygens (including phenoxy) is 2. The van der Waals surface area contributed by atoms with Gasteiger partial charge in [-0.2, -0.15) is 4.98 Å². The molecule has 0 aliphatic heterocycles. The van der Waals surface area contributed by atoms with Crippen LogP contribution in [0.25, 0.3) is 17.1 Å². The maximum absolute atomic E-state index is 13.3. The maximum atomic E-state index is 13.3. The second-order valence-electron chi connectivity index (χ2n) is 6.95. The number of methoxy groups -OCH3 is 1. The van der Waals surface area contributed by atoms with Gasteiger partial charge in [0.1, 0.15) is 5.82 Å². The highest BCUT2D eigenvalue weighted by Crippen LogP contribution is 2.26. The Labute approximate surface area is 192 Å². The van der Waals surface area contributed by atoms with E-state index < -0.39 is 17.4 Å². The average Bonchev–Trinajstić information content (AvgIpc) is 3.28. The predicted octanol–water partition coefficient (Wildman–Crippen LogP) is 4.01. The SMILES string of the molecule is COc1nc(-c2ccc(F)cc2)n(-c2ccc(NC(=O)COc3ccccc3[N+](=O)[O-])cc2)n1. The number of nitro benzene ring substituents is 1. The normalized spacial score (nSPS) is 10.5. The van der Waals surface area contributed by atoms with Gasteiger partial charge in [0, 0.05) is 17.3 Å². The number of benzene rings is 3. The second kappa shape index (κ2) is 9.77. The minimum Gasteiger partial charge on any atom is -0.477 e. The number of hydrogen-bond donors (Lipinski definition) is 1. The zero-order chi connectivity index (χ0) is 24.1. The monoisotopic (exact) mass is 463 g/mol. The molecule has 4 aromatic rings. The molecule has 172 valence electrons. The van der Waals surface area contributed by atoms with Crippen LogP contribution in [0.3, 0.4) is 0 Å². The lowest BCUT2D eigenvalue weighted by Crippen LogP contribution is -2.20. The Morgan fingerprint density at radius 3 is 2.47 bits per heavy atom. The number of carbonyl (C=O) groups is 1. The summed E-state index contributed by atoms with van der Waals surface area (Å²) in [6.07, 6.45) is 0. The molecule has 1 amide bonds. The Hall–Kier alpha value is -4.80. The molecule has 11 heteroatoms. The van der Waals surface area contributed by atoms with Gasteiger partial charge in [-0.3, -0.25) is 14.9 Å². The maximum Gasteiger partial charge on any atom is 0.336 e.